The zero-order valence-corrected chi connectivity index (χ0v) is 16.1. The Kier molecular flexibility index (Phi) is 6.89. The highest BCUT2D eigenvalue weighted by atomic mass is 16.5. The van der Waals surface area contributed by atoms with Gasteiger partial charge in [0.15, 0.2) is 5.75 Å². The van der Waals surface area contributed by atoms with Crippen LogP contribution in [0, 0.1) is 5.92 Å². The molecule has 0 bridgehead atoms. The maximum Gasteiger partial charge on any atom is 0.308 e. The molecule has 0 atom stereocenters. The summed E-state index contributed by atoms with van der Waals surface area (Å²) in [7, 11) is 0. The molecule has 140 valence electrons. The highest BCUT2D eigenvalue weighted by Gasteiger charge is 2.22. The quantitative estimate of drug-likeness (QED) is 0.743. The molecule has 0 spiro atoms. The molecule has 1 aromatic heterocycles. The number of rotatable bonds is 7. The van der Waals surface area contributed by atoms with Crippen LogP contribution in [0.1, 0.15) is 50.2 Å². The number of aromatic nitrogens is 1. The molecule has 0 unspecified atom stereocenters. The molecule has 2 aromatic rings. The fourth-order valence-electron chi connectivity index (χ4n) is 3.09. The molecule has 0 saturated heterocycles. The van der Waals surface area contributed by atoms with Gasteiger partial charge in [-0.2, -0.15) is 0 Å². The first-order chi connectivity index (χ1) is 12.4. The summed E-state index contributed by atoms with van der Waals surface area (Å²) in [6.45, 7) is 8.55. The average Bonchev–Trinajstić information content (AvgIpc) is 2.61. The van der Waals surface area contributed by atoms with Crippen LogP contribution in [0.4, 0.5) is 0 Å². The third kappa shape index (κ3) is 4.48. The van der Waals surface area contributed by atoms with Crippen molar-refractivity contribution >= 4 is 5.97 Å². The van der Waals surface area contributed by atoms with Gasteiger partial charge in [0, 0.05) is 31.3 Å². The molecule has 0 fully saturated rings. The van der Waals surface area contributed by atoms with Crippen molar-refractivity contribution in [1.82, 2.24) is 4.98 Å². The Hall–Kier alpha value is -2.24. The summed E-state index contributed by atoms with van der Waals surface area (Å²) in [5.74, 6) is 0.610. The summed E-state index contributed by atoms with van der Waals surface area (Å²) >= 11 is 0. The highest BCUT2D eigenvalue weighted by Crippen LogP contribution is 2.38. The van der Waals surface area contributed by atoms with Gasteiger partial charge in [0.2, 0.25) is 0 Å². The van der Waals surface area contributed by atoms with Gasteiger partial charge in [-0.15, -0.1) is 0 Å². The van der Waals surface area contributed by atoms with Crippen LogP contribution in [0.25, 0.3) is 11.1 Å². The minimum absolute atomic E-state index is 0.335. The maximum atomic E-state index is 11.7. The standard InChI is InChI=1S/C21H29N3O2/c1-5-18-21(26-14(4)25)20(16-8-6-15(11-22)7-9-16)17(12-23)19(24-18)10-13(2)3/h6-9,13H,5,10-12,22-23H2,1-4H3. The third-order valence-electron chi connectivity index (χ3n) is 4.27. The van der Waals surface area contributed by atoms with E-state index in [4.69, 9.17) is 21.2 Å². The fraction of sp³-hybridized carbons (Fsp3) is 0.429. The van der Waals surface area contributed by atoms with Crippen molar-refractivity contribution in [3.63, 3.8) is 0 Å². The van der Waals surface area contributed by atoms with Crippen molar-refractivity contribution in [2.45, 2.75) is 53.6 Å². The number of ether oxygens (including phenoxy) is 1. The van der Waals surface area contributed by atoms with Gasteiger partial charge in [0.05, 0.1) is 5.69 Å². The second-order valence-electron chi connectivity index (χ2n) is 6.84. The fourth-order valence-corrected chi connectivity index (χ4v) is 3.09. The van der Waals surface area contributed by atoms with E-state index in [9.17, 15) is 4.79 Å². The predicted octanol–water partition coefficient (Wildman–Crippen LogP) is 3.35. The monoisotopic (exact) mass is 355 g/mol. The average molecular weight is 355 g/mol. The van der Waals surface area contributed by atoms with Gasteiger partial charge in [-0.1, -0.05) is 45.0 Å². The van der Waals surface area contributed by atoms with E-state index in [1.165, 1.54) is 6.92 Å². The molecule has 5 heteroatoms. The first-order valence-electron chi connectivity index (χ1n) is 9.13. The number of hydrogen-bond donors (Lipinski definition) is 2. The Bertz CT molecular complexity index is 768. The number of hydrogen-bond acceptors (Lipinski definition) is 5. The van der Waals surface area contributed by atoms with Crippen LogP contribution in [0.3, 0.4) is 0 Å². The van der Waals surface area contributed by atoms with Gasteiger partial charge in [-0.3, -0.25) is 9.78 Å². The minimum atomic E-state index is -0.360. The molecule has 0 saturated carbocycles. The Labute approximate surface area is 155 Å². The van der Waals surface area contributed by atoms with Crippen LogP contribution in [0.2, 0.25) is 0 Å². The van der Waals surface area contributed by atoms with Crippen LogP contribution in [-0.4, -0.2) is 11.0 Å². The zero-order valence-electron chi connectivity index (χ0n) is 16.1. The van der Waals surface area contributed by atoms with Crippen LogP contribution >= 0.6 is 0 Å². The van der Waals surface area contributed by atoms with Crippen molar-refractivity contribution in [2.24, 2.45) is 17.4 Å². The molecule has 1 aromatic carbocycles. The van der Waals surface area contributed by atoms with Gasteiger partial charge in [-0.25, -0.2) is 0 Å². The number of nitrogens with zero attached hydrogens (tertiary/aromatic N) is 1. The van der Waals surface area contributed by atoms with E-state index < -0.39 is 0 Å². The smallest absolute Gasteiger partial charge is 0.308 e. The van der Waals surface area contributed by atoms with Crippen molar-refractivity contribution in [3.8, 4) is 16.9 Å². The molecule has 0 aliphatic carbocycles. The van der Waals surface area contributed by atoms with Crippen molar-refractivity contribution in [3.05, 3.63) is 46.8 Å². The van der Waals surface area contributed by atoms with Crippen LogP contribution in [-0.2, 0) is 30.7 Å². The largest absolute Gasteiger partial charge is 0.424 e. The Morgan fingerprint density at radius 1 is 1.12 bits per heavy atom. The van der Waals surface area contributed by atoms with Crippen molar-refractivity contribution in [1.29, 1.82) is 0 Å². The van der Waals surface area contributed by atoms with E-state index in [2.05, 4.69) is 13.8 Å². The van der Waals surface area contributed by atoms with Crippen LogP contribution in [0.5, 0.6) is 5.75 Å². The molecule has 26 heavy (non-hydrogen) atoms. The van der Waals surface area contributed by atoms with E-state index in [-0.39, 0.29) is 5.97 Å². The van der Waals surface area contributed by atoms with E-state index >= 15 is 0 Å². The number of aryl methyl sites for hydroxylation is 1. The highest BCUT2D eigenvalue weighted by molar-refractivity contribution is 5.80. The first kappa shape index (κ1) is 20.1. The number of nitrogens with two attached hydrogens (primary N) is 2. The van der Waals surface area contributed by atoms with Crippen molar-refractivity contribution in [2.75, 3.05) is 0 Å². The van der Waals surface area contributed by atoms with Crippen LogP contribution in [0.15, 0.2) is 24.3 Å². The molecule has 0 amide bonds. The number of carbonyl (C=O) groups is 1. The lowest BCUT2D eigenvalue weighted by Gasteiger charge is -2.21. The zero-order chi connectivity index (χ0) is 19.3. The summed E-state index contributed by atoms with van der Waals surface area (Å²) in [6, 6.07) is 7.98. The molecule has 1 heterocycles. The van der Waals surface area contributed by atoms with Crippen LogP contribution < -0.4 is 16.2 Å². The van der Waals surface area contributed by atoms with Gasteiger partial charge in [0.25, 0.3) is 0 Å². The third-order valence-corrected chi connectivity index (χ3v) is 4.27. The van der Waals surface area contributed by atoms with Crippen molar-refractivity contribution < 1.29 is 9.53 Å². The SMILES string of the molecule is CCc1nc(CC(C)C)c(CN)c(-c2ccc(CN)cc2)c1OC(C)=O. The van der Waals surface area contributed by atoms with Gasteiger partial charge >= 0.3 is 5.97 Å². The summed E-state index contributed by atoms with van der Waals surface area (Å²) in [5.41, 5.74) is 17.4. The number of carbonyl (C=O) groups excluding carboxylic acids is 1. The maximum absolute atomic E-state index is 11.7. The number of pyridine rings is 1. The normalized spacial score (nSPS) is 11.0. The van der Waals surface area contributed by atoms with E-state index in [1.54, 1.807) is 0 Å². The summed E-state index contributed by atoms with van der Waals surface area (Å²) in [4.78, 5) is 16.5. The van der Waals surface area contributed by atoms with Gasteiger partial charge in [0.1, 0.15) is 0 Å². The Balaban J connectivity index is 2.78. The molecular weight excluding hydrogens is 326 g/mol. The molecule has 0 aliphatic rings. The molecule has 0 radical (unpaired) electrons. The predicted molar refractivity (Wildman–Crippen MR) is 105 cm³/mol. The second-order valence-corrected chi connectivity index (χ2v) is 6.84. The topological polar surface area (TPSA) is 91.2 Å². The lowest BCUT2D eigenvalue weighted by molar-refractivity contribution is -0.131. The van der Waals surface area contributed by atoms with Gasteiger partial charge in [-0.05, 0) is 35.4 Å². The Morgan fingerprint density at radius 3 is 2.23 bits per heavy atom. The van der Waals surface area contributed by atoms with Gasteiger partial charge < -0.3 is 16.2 Å². The molecular formula is C21H29N3O2. The lowest BCUT2D eigenvalue weighted by Crippen LogP contribution is -2.15. The minimum Gasteiger partial charge on any atom is -0.424 e. The summed E-state index contributed by atoms with van der Waals surface area (Å²) in [6.07, 6.45) is 1.50. The summed E-state index contributed by atoms with van der Waals surface area (Å²) < 4.78 is 5.60. The molecule has 2 rings (SSSR count). The second kappa shape index (κ2) is 8.92. The van der Waals surface area contributed by atoms with E-state index in [1.807, 2.05) is 31.2 Å². The van der Waals surface area contributed by atoms with E-state index in [0.717, 1.165) is 40.1 Å². The molecule has 0 aliphatic heterocycles. The number of esters is 1. The van der Waals surface area contributed by atoms with E-state index in [0.29, 0.717) is 31.2 Å². The Morgan fingerprint density at radius 2 is 1.77 bits per heavy atom. The first-order valence-corrected chi connectivity index (χ1v) is 9.13. The summed E-state index contributed by atoms with van der Waals surface area (Å²) in [5, 5.41) is 0. The molecule has 4 N–H and O–H groups in total. The number of benzene rings is 1. The lowest BCUT2D eigenvalue weighted by atomic mass is 9.92. The molecule has 5 nitrogen and oxygen atoms in total.